The minimum atomic E-state index is -3.14. The fourth-order valence-corrected chi connectivity index (χ4v) is 4.43. The van der Waals surface area contributed by atoms with Gasteiger partial charge in [0, 0.05) is 25.7 Å². The highest BCUT2D eigenvalue weighted by molar-refractivity contribution is 7.89. The second kappa shape index (κ2) is 5.65. The highest BCUT2D eigenvalue weighted by Crippen LogP contribution is 2.28. The maximum atomic E-state index is 12.2. The first-order valence-electron chi connectivity index (χ1n) is 6.43. The van der Waals surface area contributed by atoms with Crippen molar-refractivity contribution < 1.29 is 13.2 Å². The lowest BCUT2D eigenvalue weighted by atomic mass is 9.94. The third-order valence-corrected chi connectivity index (χ3v) is 5.53. The molecule has 2 aliphatic rings. The monoisotopic (exact) mass is 262 g/mol. The Bertz CT molecular complexity index is 345. The van der Waals surface area contributed by atoms with Crippen LogP contribution in [0.15, 0.2) is 0 Å². The van der Waals surface area contributed by atoms with Gasteiger partial charge in [-0.3, -0.25) is 0 Å². The van der Waals surface area contributed by atoms with Gasteiger partial charge in [-0.05, 0) is 32.2 Å². The fourth-order valence-electron chi connectivity index (χ4n) is 2.80. The zero-order valence-corrected chi connectivity index (χ0v) is 11.2. The standard InChI is InChI=1S/C11H22N2O3S/c1-2-16-6-7-17(14,15)13-5-3-4-10-8-12-9-11(10)13/h10-12H,2-9H2,1H3. The average molecular weight is 262 g/mol. The number of hydrogen-bond donors (Lipinski definition) is 1. The minimum absolute atomic E-state index is 0.115. The maximum absolute atomic E-state index is 12.2. The molecular weight excluding hydrogens is 240 g/mol. The molecule has 0 saturated carbocycles. The zero-order valence-electron chi connectivity index (χ0n) is 10.4. The summed E-state index contributed by atoms with van der Waals surface area (Å²) in [5.74, 6) is 0.620. The number of hydrogen-bond acceptors (Lipinski definition) is 4. The van der Waals surface area contributed by atoms with Gasteiger partial charge in [0.15, 0.2) is 0 Å². The van der Waals surface area contributed by atoms with E-state index in [-0.39, 0.29) is 11.8 Å². The summed E-state index contributed by atoms with van der Waals surface area (Å²) in [6, 6.07) is 0.176. The number of nitrogens with one attached hydrogen (secondary N) is 1. The predicted octanol–water partition coefficient (Wildman–Crippen LogP) is 0.0365. The van der Waals surface area contributed by atoms with E-state index in [0.29, 0.717) is 25.7 Å². The van der Waals surface area contributed by atoms with Gasteiger partial charge in [0.1, 0.15) is 0 Å². The van der Waals surface area contributed by atoms with Gasteiger partial charge in [-0.2, -0.15) is 4.31 Å². The Morgan fingerprint density at radius 3 is 3.00 bits per heavy atom. The van der Waals surface area contributed by atoms with E-state index < -0.39 is 10.0 Å². The molecule has 0 bridgehead atoms. The number of piperidine rings is 1. The van der Waals surface area contributed by atoms with E-state index in [4.69, 9.17) is 4.74 Å². The Balaban J connectivity index is 1.99. The van der Waals surface area contributed by atoms with E-state index in [1.807, 2.05) is 6.92 Å². The molecular formula is C11H22N2O3S. The molecule has 5 nitrogen and oxygen atoms in total. The van der Waals surface area contributed by atoms with Crippen LogP contribution in [0.2, 0.25) is 0 Å². The van der Waals surface area contributed by atoms with Gasteiger partial charge in [-0.25, -0.2) is 8.42 Å². The van der Waals surface area contributed by atoms with Crippen LogP contribution in [-0.2, 0) is 14.8 Å². The summed E-state index contributed by atoms with van der Waals surface area (Å²) in [5, 5.41) is 3.30. The summed E-state index contributed by atoms with van der Waals surface area (Å²) in [4.78, 5) is 0. The van der Waals surface area contributed by atoms with Gasteiger partial charge in [-0.15, -0.1) is 0 Å². The van der Waals surface area contributed by atoms with Gasteiger partial charge in [0.05, 0.1) is 12.4 Å². The first-order chi connectivity index (χ1) is 8.15. The Morgan fingerprint density at radius 2 is 2.24 bits per heavy atom. The normalized spacial score (nSPS) is 30.4. The van der Waals surface area contributed by atoms with Crippen molar-refractivity contribution in [1.29, 1.82) is 0 Å². The van der Waals surface area contributed by atoms with Crippen LogP contribution in [0.3, 0.4) is 0 Å². The molecule has 6 heteroatoms. The zero-order chi connectivity index (χ0) is 12.3. The molecule has 2 atom stereocenters. The summed E-state index contributed by atoms with van der Waals surface area (Å²) in [5.41, 5.74) is 0. The molecule has 0 amide bonds. The number of sulfonamides is 1. The first-order valence-corrected chi connectivity index (χ1v) is 8.04. The van der Waals surface area contributed by atoms with E-state index in [2.05, 4.69) is 5.32 Å². The van der Waals surface area contributed by atoms with Crippen LogP contribution < -0.4 is 5.32 Å². The van der Waals surface area contributed by atoms with E-state index in [0.717, 1.165) is 25.9 Å². The molecule has 0 aromatic carbocycles. The molecule has 0 aromatic heterocycles. The van der Waals surface area contributed by atoms with Gasteiger partial charge in [0.25, 0.3) is 0 Å². The van der Waals surface area contributed by atoms with Crippen LogP contribution in [0.1, 0.15) is 19.8 Å². The molecule has 2 heterocycles. The van der Waals surface area contributed by atoms with Crippen LogP contribution in [-0.4, -0.2) is 57.4 Å². The van der Waals surface area contributed by atoms with Crippen LogP contribution in [0.25, 0.3) is 0 Å². The summed E-state index contributed by atoms with van der Waals surface area (Å²) in [6.07, 6.45) is 2.13. The SMILES string of the molecule is CCOCCS(=O)(=O)N1CCCC2CNCC21. The summed E-state index contributed by atoms with van der Waals surface area (Å²) < 4.78 is 31.3. The Labute approximate surface area is 104 Å². The molecule has 2 aliphatic heterocycles. The van der Waals surface area contributed by atoms with Crippen molar-refractivity contribution in [1.82, 2.24) is 9.62 Å². The van der Waals surface area contributed by atoms with Gasteiger partial charge in [-0.1, -0.05) is 0 Å². The first kappa shape index (κ1) is 13.3. The summed E-state index contributed by atoms with van der Waals surface area (Å²) in [7, 11) is -3.14. The van der Waals surface area contributed by atoms with E-state index in [9.17, 15) is 8.42 Å². The highest BCUT2D eigenvalue weighted by Gasteiger charge is 2.40. The molecule has 2 rings (SSSR count). The second-order valence-electron chi connectivity index (χ2n) is 4.75. The molecule has 2 unspecified atom stereocenters. The van der Waals surface area contributed by atoms with Crippen LogP contribution in [0, 0.1) is 5.92 Å². The van der Waals surface area contributed by atoms with Crippen LogP contribution in [0.5, 0.6) is 0 Å². The Morgan fingerprint density at radius 1 is 1.41 bits per heavy atom. The lowest BCUT2D eigenvalue weighted by Gasteiger charge is -2.35. The highest BCUT2D eigenvalue weighted by atomic mass is 32.2. The van der Waals surface area contributed by atoms with Crippen LogP contribution >= 0.6 is 0 Å². The van der Waals surface area contributed by atoms with Crippen molar-refractivity contribution in [3.8, 4) is 0 Å². The topological polar surface area (TPSA) is 58.6 Å². The second-order valence-corrected chi connectivity index (χ2v) is 6.79. The average Bonchev–Trinajstić information content (AvgIpc) is 2.76. The van der Waals surface area contributed by atoms with Gasteiger partial charge >= 0.3 is 0 Å². The van der Waals surface area contributed by atoms with E-state index in [1.165, 1.54) is 0 Å². The van der Waals surface area contributed by atoms with Crippen LogP contribution in [0.4, 0.5) is 0 Å². The van der Waals surface area contributed by atoms with E-state index >= 15 is 0 Å². The van der Waals surface area contributed by atoms with Crippen molar-refractivity contribution in [2.45, 2.75) is 25.8 Å². The van der Waals surface area contributed by atoms with Crippen molar-refractivity contribution in [3.05, 3.63) is 0 Å². The molecule has 0 aromatic rings. The molecule has 1 N–H and O–H groups in total. The molecule has 2 saturated heterocycles. The molecule has 100 valence electrons. The smallest absolute Gasteiger partial charge is 0.216 e. The number of ether oxygens (including phenoxy) is 1. The Kier molecular flexibility index (Phi) is 4.41. The summed E-state index contributed by atoms with van der Waals surface area (Å²) >= 11 is 0. The fraction of sp³-hybridized carbons (Fsp3) is 1.00. The molecule has 0 radical (unpaired) electrons. The lowest BCUT2D eigenvalue weighted by molar-refractivity contribution is 0.160. The van der Waals surface area contributed by atoms with Gasteiger partial charge in [0.2, 0.25) is 10.0 Å². The molecule has 0 aliphatic carbocycles. The largest absolute Gasteiger partial charge is 0.381 e. The van der Waals surface area contributed by atoms with Crippen molar-refractivity contribution >= 4 is 10.0 Å². The molecule has 0 spiro atoms. The third-order valence-electron chi connectivity index (χ3n) is 3.67. The Hall–Kier alpha value is -0.170. The van der Waals surface area contributed by atoms with E-state index in [1.54, 1.807) is 4.31 Å². The summed E-state index contributed by atoms with van der Waals surface area (Å²) in [6.45, 7) is 5.20. The van der Waals surface area contributed by atoms with Gasteiger partial charge < -0.3 is 10.1 Å². The minimum Gasteiger partial charge on any atom is -0.381 e. The van der Waals surface area contributed by atoms with Crippen molar-refractivity contribution in [2.24, 2.45) is 5.92 Å². The lowest BCUT2D eigenvalue weighted by Crippen LogP contribution is -2.49. The number of nitrogens with zero attached hydrogens (tertiary/aromatic N) is 1. The maximum Gasteiger partial charge on any atom is 0.216 e. The number of rotatable bonds is 5. The third kappa shape index (κ3) is 2.99. The van der Waals surface area contributed by atoms with Crippen molar-refractivity contribution in [3.63, 3.8) is 0 Å². The molecule has 17 heavy (non-hydrogen) atoms. The molecule has 2 fully saturated rings. The quantitative estimate of drug-likeness (QED) is 0.711. The number of fused-ring (bicyclic) bond motifs is 1. The van der Waals surface area contributed by atoms with Crippen molar-refractivity contribution in [2.75, 3.05) is 38.6 Å². The predicted molar refractivity (Wildman–Crippen MR) is 66.4 cm³/mol.